The summed E-state index contributed by atoms with van der Waals surface area (Å²) < 4.78 is 0. The van der Waals surface area contributed by atoms with Crippen molar-refractivity contribution < 1.29 is 9.90 Å². The molecule has 0 bridgehead atoms. The van der Waals surface area contributed by atoms with Crippen LogP contribution in [0.1, 0.15) is 15.4 Å². The summed E-state index contributed by atoms with van der Waals surface area (Å²) in [6.45, 7) is 5.93. The molecular weight excluding hydrogens is 238 g/mol. The molecule has 0 aromatic carbocycles. The van der Waals surface area contributed by atoms with Gasteiger partial charge in [-0.25, -0.2) is 9.78 Å². The summed E-state index contributed by atoms with van der Waals surface area (Å²) in [6.07, 6.45) is 0. The molecule has 0 spiro atoms. The molecule has 0 aliphatic carbocycles. The van der Waals surface area contributed by atoms with Gasteiger partial charge in [-0.15, -0.1) is 0 Å². The van der Waals surface area contributed by atoms with Crippen LogP contribution in [0.4, 0.5) is 5.13 Å². The Labute approximate surface area is 103 Å². The van der Waals surface area contributed by atoms with Gasteiger partial charge in [0, 0.05) is 26.2 Å². The number of nitrogens with zero attached hydrogens (tertiary/aromatic N) is 2. The molecule has 2 N–H and O–H groups in total. The average Bonchev–Trinajstić information content (AvgIpc) is 2.88. The van der Waals surface area contributed by atoms with Crippen LogP contribution < -0.4 is 10.2 Å². The van der Waals surface area contributed by atoms with E-state index in [1.807, 2.05) is 0 Å². The summed E-state index contributed by atoms with van der Waals surface area (Å²) in [6, 6.07) is 0. The minimum atomic E-state index is -0.868. The van der Waals surface area contributed by atoms with Crippen LogP contribution in [0.2, 0.25) is 0 Å². The topological polar surface area (TPSA) is 65.5 Å². The Hall–Kier alpha value is -1.14. The van der Waals surface area contributed by atoms with Crippen LogP contribution in [0.5, 0.6) is 0 Å². The first-order chi connectivity index (χ1) is 8.15. The number of nitrogens with one attached hydrogen (secondary N) is 1. The second-order valence-corrected chi connectivity index (χ2v) is 5.78. The minimum absolute atomic E-state index is 0.371. The van der Waals surface area contributed by atoms with Gasteiger partial charge in [0.15, 0.2) is 5.13 Å². The zero-order valence-electron chi connectivity index (χ0n) is 9.64. The van der Waals surface area contributed by atoms with Crippen molar-refractivity contribution >= 4 is 22.4 Å². The highest BCUT2D eigenvalue weighted by Gasteiger charge is 2.37. The summed E-state index contributed by atoms with van der Waals surface area (Å²) in [7, 11) is 0. The third-order valence-electron chi connectivity index (χ3n) is 3.64. The fourth-order valence-electron chi connectivity index (χ4n) is 2.73. The Morgan fingerprint density at radius 1 is 1.47 bits per heavy atom. The molecule has 17 heavy (non-hydrogen) atoms. The van der Waals surface area contributed by atoms with Gasteiger partial charge in [0.05, 0.1) is 5.69 Å². The number of aromatic carboxylic acids is 1. The highest BCUT2D eigenvalue weighted by molar-refractivity contribution is 7.17. The number of aryl methyl sites for hydroxylation is 1. The van der Waals surface area contributed by atoms with Crippen molar-refractivity contribution in [2.75, 3.05) is 31.1 Å². The number of anilines is 1. The number of carboxylic acid groups (broad SMARTS) is 1. The molecule has 0 amide bonds. The van der Waals surface area contributed by atoms with Crippen LogP contribution in [0, 0.1) is 18.8 Å². The monoisotopic (exact) mass is 253 g/mol. The van der Waals surface area contributed by atoms with Gasteiger partial charge in [-0.05, 0) is 18.8 Å². The fraction of sp³-hybridized carbons (Fsp3) is 0.636. The molecule has 2 aliphatic rings. The minimum Gasteiger partial charge on any atom is -0.477 e. The number of aromatic nitrogens is 1. The Balaban J connectivity index is 1.81. The summed E-state index contributed by atoms with van der Waals surface area (Å²) in [5.41, 5.74) is 0.632. The lowest BCUT2D eigenvalue weighted by Crippen LogP contribution is -2.25. The number of carbonyl (C=O) groups is 1. The second-order valence-electron chi connectivity index (χ2n) is 4.80. The van der Waals surface area contributed by atoms with E-state index in [4.69, 9.17) is 5.11 Å². The lowest BCUT2D eigenvalue weighted by atomic mass is 10.0. The Morgan fingerprint density at radius 2 is 2.12 bits per heavy atom. The van der Waals surface area contributed by atoms with Crippen molar-refractivity contribution in [1.82, 2.24) is 10.3 Å². The summed E-state index contributed by atoms with van der Waals surface area (Å²) >= 11 is 1.30. The van der Waals surface area contributed by atoms with Gasteiger partial charge >= 0.3 is 5.97 Å². The Morgan fingerprint density at radius 3 is 2.65 bits per heavy atom. The lowest BCUT2D eigenvalue weighted by Gasteiger charge is -2.15. The van der Waals surface area contributed by atoms with Crippen molar-refractivity contribution in [1.29, 1.82) is 0 Å². The van der Waals surface area contributed by atoms with Crippen LogP contribution in [0.25, 0.3) is 0 Å². The van der Waals surface area contributed by atoms with E-state index in [2.05, 4.69) is 15.2 Å². The van der Waals surface area contributed by atoms with E-state index in [0.717, 1.165) is 31.3 Å². The SMILES string of the molecule is Cc1nc(N2CC3CNCC3C2)sc1C(=O)O. The summed E-state index contributed by atoms with van der Waals surface area (Å²) in [4.78, 5) is 18.0. The second kappa shape index (κ2) is 3.96. The number of thiazole rings is 1. The number of carboxylic acids is 1. The first kappa shape index (κ1) is 11.0. The van der Waals surface area contributed by atoms with E-state index in [0.29, 0.717) is 22.4 Å². The molecule has 0 radical (unpaired) electrons. The standard InChI is InChI=1S/C11H15N3O2S/c1-6-9(10(15)16)17-11(13-6)14-4-7-2-12-3-8(7)5-14/h7-8,12H,2-5H2,1H3,(H,15,16). The maximum Gasteiger partial charge on any atom is 0.347 e. The number of hydrogen-bond acceptors (Lipinski definition) is 5. The summed E-state index contributed by atoms with van der Waals surface area (Å²) in [5.74, 6) is 0.535. The van der Waals surface area contributed by atoms with E-state index >= 15 is 0 Å². The molecule has 6 heteroatoms. The van der Waals surface area contributed by atoms with Gasteiger partial charge in [0.2, 0.25) is 0 Å². The first-order valence-electron chi connectivity index (χ1n) is 5.81. The highest BCUT2D eigenvalue weighted by atomic mass is 32.1. The Kier molecular flexibility index (Phi) is 2.56. The van der Waals surface area contributed by atoms with Gasteiger partial charge < -0.3 is 15.3 Å². The average molecular weight is 253 g/mol. The molecule has 3 heterocycles. The quantitative estimate of drug-likeness (QED) is 0.816. The molecule has 2 aliphatic heterocycles. The molecule has 2 unspecified atom stereocenters. The first-order valence-corrected chi connectivity index (χ1v) is 6.63. The van der Waals surface area contributed by atoms with Gasteiger partial charge in [0.25, 0.3) is 0 Å². The van der Waals surface area contributed by atoms with Gasteiger partial charge in [-0.2, -0.15) is 0 Å². The molecule has 92 valence electrons. The largest absolute Gasteiger partial charge is 0.477 e. The van der Waals surface area contributed by atoms with Gasteiger partial charge in [-0.1, -0.05) is 11.3 Å². The lowest BCUT2D eigenvalue weighted by molar-refractivity contribution is 0.0701. The summed E-state index contributed by atoms with van der Waals surface area (Å²) in [5, 5.41) is 13.3. The van der Waals surface area contributed by atoms with E-state index in [1.165, 1.54) is 11.3 Å². The molecular formula is C11H15N3O2S. The van der Waals surface area contributed by atoms with Crippen molar-refractivity contribution in [3.05, 3.63) is 10.6 Å². The van der Waals surface area contributed by atoms with E-state index < -0.39 is 5.97 Å². The molecule has 2 atom stereocenters. The predicted molar refractivity (Wildman–Crippen MR) is 65.9 cm³/mol. The number of rotatable bonds is 2. The van der Waals surface area contributed by atoms with Crippen LogP contribution in [0.3, 0.4) is 0 Å². The zero-order valence-corrected chi connectivity index (χ0v) is 10.5. The van der Waals surface area contributed by atoms with Crippen LogP contribution >= 0.6 is 11.3 Å². The third-order valence-corrected chi connectivity index (χ3v) is 4.85. The molecule has 1 aromatic heterocycles. The van der Waals surface area contributed by atoms with Gasteiger partial charge in [0.1, 0.15) is 4.88 Å². The van der Waals surface area contributed by atoms with Gasteiger partial charge in [-0.3, -0.25) is 0 Å². The molecule has 3 rings (SSSR count). The normalized spacial score (nSPS) is 27.5. The van der Waals surface area contributed by atoms with Crippen molar-refractivity contribution in [3.8, 4) is 0 Å². The van der Waals surface area contributed by atoms with Crippen molar-refractivity contribution in [2.45, 2.75) is 6.92 Å². The zero-order chi connectivity index (χ0) is 12.0. The fourth-order valence-corrected chi connectivity index (χ4v) is 3.65. The maximum atomic E-state index is 11.0. The number of fused-ring (bicyclic) bond motifs is 1. The van der Waals surface area contributed by atoms with Crippen molar-refractivity contribution in [3.63, 3.8) is 0 Å². The molecule has 1 aromatic rings. The van der Waals surface area contributed by atoms with E-state index in [1.54, 1.807) is 6.92 Å². The van der Waals surface area contributed by atoms with Crippen LogP contribution in [-0.4, -0.2) is 42.2 Å². The molecule has 0 saturated carbocycles. The van der Waals surface area contributed by atoms with Crippen LogP contribution in [0.15, 0.2) is 0 Å². The predicted octanol–water partition coefficient (Wildman–Crippen LogP) is 0.805. The van der Waals surface area contributed by atoms with E-state index in [9.17, 15) is 4.79 Å². The van der Waals surface area contributed by atoms with Crippen molar-refractivity contribution in [2.24, 2.45) is 11.8 Å². The van der Waals surface area contributed by atoms with E-state index in [-0.39, 0.29) is 0 Å². The maximum absolute atomic E-state index is 11.0. The number of hydrogen-bond donors (Lipinski definition) is 2. The van der Waals surface area contributed by atoms with Crippen LogP contribution in [-0.2, 0) is 0 Å². The molecule has 5 nitrogen and oxygen atoms in total. The Bertz CT molecular complexity index is 448. The molecule has 2 fully saturated rings. The smallest absolute Gasteiger partial charge is 0.347 e. The highest BCUT2D eigenvalue weighted by Crippen LogP contribution is 2.33. The third kappa shape index (κ3) is 1.81. The molecule has 2 saturated heterocycles.